The lowest BCUT2D eigenvalue weighted by Gasteiger charge is -2.51. The molecule has 114 valence electrons. The first-order valence-electron chi connectivity index (χ1n) is 8.24. The van der Waals surface area contributed by atoms with Crippen molar-refractivity contribution in [1.29, 1.82) is 0 Å². The fourth-order valence-corrected chi connectivity index (χ4v) is 4.37. The van der Waals surface area contributed by atoms with Gasteiger partial charge in [-0.1, -0.05) is 24.3 Å². The highest BCUT2D eigenvalue weighted by Gasteiger charge is 2.41. The van der Waals surface area contributed by atoms with E-state index in [4.69, 9.17) is 5.73 Å². The molecular weight excluding hydrogens is 270 g/mol. The molecule has 1 aromatic heterocycles. The Labute approximate surface area is 131 Å². The summed E-state index contributed by atoms with van der Waals surface area (Å²) in [6, 6.07) is 10.9. The molecule has 3 heteroatoms. The van der Waals surface area contributed by atoms with Gasteiger partial charge in [0.05, 0.1) is 5.52 Å². The Morgan fingerprint density at radius 1 is 1.32 bits per heavy atom. The van der Waals surface area contributed by atoms with Crippen LogP contribution in [0, 0.1) is 11.8 Å². The molecule has 3 fully saturated rings. The second kappa shape index (κ2) is 5.49. The lowest BCUT2D eigenvalue weighted by atomic mass is 9.73. The van der Waals surface area contributed by atoms with Crippen LogP contribution in [-0.2, 0) is 0 Å². The fourth-order valence-electron chi connectivity index (χ4n) is 4.37. The summed E-state index contributed by atoms with van der Waals surface area (Å²) in [6.07, 6.45) is 6.51. The van der Waals surface area contributed by atoms with Crippen LogP contribution in [0.5, 0.6) is 0 Å². The van der Waals surface area contributed by atoms with Crippen molar-refractivity contribution in [3.63, 3.8) is 0 Å². The van der Waals surface area contributed by atoms with Crippen molar-refractivity contribution in [2.75, 3.05) is 13.1 Å². The van der Waals surface area contributed by atoms with E-state index in [-0.39, 0.29) is 6.04 Å². The van der Waals surface area contributed by atoms with Gasteiger partial charge >= 0.3 is 0 Å². The van der Waals surface area contributed by atoms with Crippen molar-refractivity contribution in [2.45, 2.75) is 24.9 Å². The number of benzene rings is 1. The van der Waals surface area contributed by atoms with Gasteiger partial charge in [0, 0.05) is 30.2 Å². The Morgan fingerprint density at radius 3 is 2.95 bits per heavy atom. The summed E-state index contributed by atoms with van der Waals surface area (Å²) in [5.41, 5.74) is 8.99. The van der Waals surface area contributed by atoms with Crippen molar-refractivity contribution < 1.29 is 0 Å². The van der Waals surface area contributed by atoms with E-state index >= 15 is 0 Å². The van der Waals surface area contributed by atoms with Crippen molar-refractivity contribution in [3.8, 4) is 0 Å². The van der Waals surface area contributed by atoms with Crippen LogP contribution in [-0.4, -0.2) is 29.0 Å². The molecule has 2 bridgehead atoms. The minimum absolute atomic E-state index is 0.0569. The van der Waals surface area contributed by atoms with Gasteiger partial charge in [0.2, 0.25) is 0 Å². The number of aromatic nitrogens is 1. The third kappa shape index (κ3) is 2.16. The SMILES string of the molecule is C=CC1CN2CC[C@H]1C[C@H]2[C@H](N)c1ccnc2ccccc12. The molecule has 4 heterocycles. The number of hydrogen-bond acceptors (Lipinski definition) is 3. The highest BCUT2D eigenvalue weighted by atomic mass is 15.2. The number of pyridine rings is 1. The normalized spacial score (nSPS) is 32.0. The predicted molar refractivity (Wildman–Crippen MR) is 90.4 cm³/mol. The second-order valence-corrected chi connectivity index (χ2v) is 6.69. The number of nitrogens with two attached hydrogens (primary N) is 1. The minimum Gasteiger partial charge on any atom is -0.323 e. The zero-order valence-electron chi connectivity index (χ0n) is 12.9. The van der Waals surface area contributed by atoms with Crippen LogP contribution in [0.15, 0.2) is 49.2 Å². The molecule has 5 rings (SSSR count). The van der Waals surface area contributed by atoms with Gasteiger partial charge in [0.1, 0.15) is 0 Å². The van der Waals surface area contributed by atoms with E-state index < -0.39 is 0 Å². The maximum atomic E-state index is 6.71. The first-order valence-corrected chi connectivity index (χ1v) is 8.24. The quantitative estimate of drug-likeness (QED) is 0.884. The molecular formula is C19H23N3. The number of piperidine rings is 3. The number of para-hydroxylation sites is 1. The molecule has 2 unspecified atom stereocenters. The Kier molecular flexibility index (Phi) is 3.47. The van der Waals surface area contributed by atoms with E-state index in [1.54, 1.807) is 0 Å². The molecule has 0 radical (unpaired) electrons. The molecule has 0 aliphatic carbocycles. The lowest BCUT2D eigenvalue weighted by Crippen LogP contribution is -2.56. The summed E-state index contributed by atoms with van der Waals surface area (Å²) < 4.78 is 0. The summed E-state index contributed by atoms with van der Waals surface area (Å²) in [5.74, 6) is 1.40. The average Bonchev–Trinajstić information content (AvgIpc) is 2.60. The third-order valence-corrected chi connectivity index (χ3v) is 5.61. The summed E-state index contributed by atoms with van der Waals surface area (Å²) in [6.45, 7) is 6.30. The first-order chi connectivity index (χ1) is 10.8. The van der Waals surface area contributed by atoms with Crippen LogP contribution in [0.4, 0.5) is 0 Å². The van der Waals surface area contributed by atoms with Gasteiger partial charge in [-0.15, -0.1) is 6.58 Å². The molecule has 5 atom stereocenters. The van der Waals surface area contributed by atoms with E-state index in [0.717, 1.165) is 18.0 Å². The maximum Gasteiger partial charge on any atom is 0.0705 e. The van der Waals surface area contributed by atoms with Crippen LogP contribution < -0.4 is 5.73 Å². The van der Waals surface area contributed by atoms with E-state index in [0.29, 0.717) is 12.0 Å². The summed E-state index contributed by atoms with van der Waals surface area (Å²) >= 11 is 0. The van der Waals surface area contributed by atoms with Gasteiger partial charge in [0.15, 0.2) is 0 Å². The molecule has 3 aliphatic heterocycles. The van der Waals surface area contributed by atoms with E-state index in [1.807, 2.05) is 12.3 Å². The van der Waals surface area contributed by atoms with E-state index in [9.17, 15) is 0 Å². The third-order valence-electron chi connectivity index (χ3n) is 5.61. The molecule has 2 N–H and O–H groups in total. The monoisotopic (exact) mass is 293 g/mol. The molecule has 3 nitrogen and oxygen atoms in total. The Hall–Kier alpha value is -1.71. The smallest absolute Gasteiger partial charge is 0.0705 e. The minimum atomic E-state index is 0.0569. The summed E-state index contributed by atoms with van der Waals surface area (Å²) in [4.78, 5) is 7.04. The van der Waals surface area contributed by atoms with Crippen LogP contribution in [0.3, 0.4) is 0 Å². The Morgan fingerprint density at radius 2 is 2.18 bits per heavy atom. The number of fused-ring (bicyclic) bond motifs is 4. The second-order valence-electron chi connectivity index (χ2n) is 6.69. The molecule has 2 aromatic rings. The van der Waals surface area contributed by atoms with Crippen molar-refractivity contribution in [3.05, 3.63) is 54.7 Å². The Balaban J connectivity index is 1.67. The van der Waals surface area contributed by atoms with E-state index in [2.05, 4.69) is 46.8 Å². The van der Waals surface area contributed by atoms with Crippen molar-refractivity contribution in [1.82, 2.24) is 9.88 Å². The standard InChI is InChI=1S/C19H23N3/c1-2-13-12-22-10-8-14(13)11-18(22)19(20)16-7-9-21-17-6-4-3-5-15(16)17/h2-7,9,13-14,18-19H,1,8,10-12,20H2/t13?,14-,18-,19+/m0/s1. The van der Waals surface area contributed by atoms with E-state index in [1.165, 1.54) is 30.3 Å². The van der Waals surface area contributed by atoms with Crippen LogP contribution in [0.2, 0.25) is 0 Å². The maximum absolute atomic E-state index is 6.71. The van der Waals surface area contributed by atoms with Crippen molar-refractivity contribution >= 4 is 10.9 Å². The molecule has 22 heavy (non-hydrogen) atoms. The Bertz CT molecular complexity index is 691. The lowest BCUT2D eigenvalue weighted by molar-refractivity contribution is 0.00749. The molecule has 3 saturated heterocycles. The zero-order chi connectivity index (χ0) is 15.1. The predicted octanol–water partition coefficient (Wildman–Crippen LogP) is 3.13. The van der Waals surface area contributed by atoms with Gasteiger partial charge in [0.25, 0.3) is 0 Å². The van der Waals surface area contributed by atoms with Gasteiger partial charge in [-0.25, -0.2) is 0 Å². The molecule has 1 aromatic carbocycles. The van der Waals surface area contributed by atoms with Crippen LogP contribution in [0.1, 0.15) is 24.4 Å². The fraction of sp³-hybridized carbons (Fsp3) is 0.421. The largest absolute Gasteiger partial charge is 0.323 e. The van der Waals surface area contributed by atoms with Gasteiger partial charge in [-0.05, 0) is 48.9 Å². The van der Waals surface area contributed by atoms with Crippen LogP contribution >= 0.6 is 0 Å². The topological polar surface area (TPSA) is 42.1 Å². The number of hydrogen-bond donors (Lipinski definition) is 1. The summed E-state index contributed by atoms with van der Waals surface area (Å²) in [5, 5.41) is 1.19. The number of nitrogens with zero attached hydrogens (tertiary/aromatic N) is 2. The van der Waals surface area contributed by atoms with Crippen molar-refractivity contribution in [2.24, 2.45) is 17.6 Å². The first kappa shape index (κ1) is 13.9. The molecule has 0 spiro atoms. The van der Waals surface area contributed by atoms with Gasteiger partial charge < -0.3 is 5.73 Å². The molecule has 0 saturated carbocycles. The average molecular weight is 293 g/mol. The van der Waals surface area contributed by atoms with Gasteiger partial charge in [-0.3, -0.25) is 9.88 Å². The highest BCUT2D eigenvalue weighted by Crippen LogP contribution is 2.41. The van der Waals surface area contributed by atoms with Gasteiger partial charge in [-0.2, -0.15) is 0 Å². The number of rotatable bonds is 3. The molecule has 3 aliphatic rings. The summed E-state index contributed by atoms with van der Waals surface area (Å²) in [7, 11) is 0. The zero-order valence-corrected chi connectivity index (χ0v) is 12.9. The molecule has 0 amide bonds. The van der Waals surface area contributed by atoms with Crippen LogP contribution in [0.25, 0.3) is 10.9 Å². The highest BCUT2D eigenvalue weighted by molar-refractivity contribution is 5.82.